The van der Waals surface area contributed by atoms with Crippen LogP contribution in [0, 0.1) is 5.82 Å². The molecule has 7 heteroatoms. The highest BCUT2D eigenvalue weighted by Gasteiger charge is 2.18. The quantitative estimate of drug-likeness (QED) is 0.774. The fourth-order valence-corrected chi connectivity index (χ4v) is 2.94. The number of nitrogens with one attached hydrogen (secondary N) is 1. The summed E-state index contributed by atoms with van der Waals surface area (Å²) in [4.78, 5) is 24.9. The number of rotatable bonds is 7. The van der Waals surface area contributed by atoms with E-state index in [1.807, 2.05) is 6.92 Å². The summed E-state index contributed by atoms with van der Waals surface area (Å²) in [5, 5.41) is 3.08. The average Bonchev–Trinajstić information content (AvgIpc) is 2.96. The Morgan fingerprint density at radius 1 is 1.25 bits per heavy atom. The standard InChI is InChI=1S/C17H18FNO4S/c1-3-13-9-14(17(21)22-4-2)16(24-13)19-15(20)10-23-12-7-5-6-11(18)8-12/h5-9H,3-4,10H2,1-2H3,(H,19,20). The maximum Gasteiger partial charge on any atom is 0.341 e. The molecule has 1 heterocycles. The number of hydrogen-bond acceptors (Lipinski definition) is 5. The zero-order valence-electron chi connectivity index (χ0n) is 13.4. The summed E-state index contributed by atoms with van der Waals surface area (Å²) < 4.78 is 23.3. The molecular formula is C17H18FNO4S. The van der Waals surface area contributed by atoms with Gasteiger partial charge in [-0.15, -0.1) is 11.3 Å². The lowest BCUT2D eigenvalue weighted by molar-refractivity contribution is -0.118. The highest BCUT2D eigenvalue weighted by molar-refractivity contribution is 7.16. The Kier molecular flexibility index (Phi) is 6.31. The fourth-order valence-electron chi connectivity index (χ4n) is 1.94. The molecule has 0 atom stereocenters. The first-order chi connectivity index (χ1) is 11.5. The predicted octanol–water partition coefficient (Wildman–Crippen LogP) is 3.64. The lowest BCUT2D eigenvalue weighted by Gasteiger charge is -2.08. The number of halogens is 1. The topological polar surface area (TPSA) is 64.6 Å². The number of carbonyl (C=O) groups is 2. The van der Waals surface area contributed by atoms with Crippen LogP contribution in [-0.2, 0) is 16.0 Å². The summed E-state index contributed by atoms with van der Waals surface area (Å²) in [6.07, 6.45) is 0.743. The minimum atomic E-state index is -0.477. The molecule has 0 radical (unpaired) electrons. The zero-order valence-corrected chi connectivity index (χ0v) is 14.2. The maximum atomic E-state index is 13.1. The Morgan fingerprint density at radius 3 is 2.71 bits per heavy atom. The number of aryl methyl sites for hydroxylation is 1. The summed E-state index contributed by atoms with van der Waals surface area (Å²) >= 11 is 1.32. The van der Waals surface area contributed by atoms with Gasteiger partial charge in [0.1, 0.15) is 16.6 Å². The van der Waals surface area contributed by atoms with Crippen LogP contribution in [0.2, 0.25) is 0 Å². The number of anilines is 1. The molecule has 0 aliphatic rings. The third-order valence-corrected chi connectivity index (χ3v) is 4.24. The Balaban J connectivity index is 2.02. The number of amides is 1. The fraction of sp³-hybridized carbons (Fsp3) is 0.294. The maximum absolute atomic E-state index is 13.1. The smallest absolute Gasteiger partial charge is 0.341 e. The van der Waals surface area contributed by atoms with Crippen molar-refractivity contribution in [3.63, 3.8) is 0 Å². The van der Waals surface area contributed by atoms with Gasteiger partial charge in [0, 0.05) is 10.9 Å². The third kappa shape index (κ3) is 4.79. The van der Waals surface area contributed by atoms with Crippen LogP contribution in [0.1, 0.15) is 29.1 Å². The molecule has 24 heavy (non-hydrogen) atoms. The Labute approximate surface area is 143 Å². The zero-order chi connectivity index (χ0) is 17.5. The lowest BCUT2D eigenvalue weighted by atomic mass is 10.2. The van der Waals surface area contributed by atoms with Crippen molar-refractivity contribution < 1.29 is 23.5 Å². The van der Waals surface area contributed by atoms with Gasteiger partial charge in [-0.2, -0.15) is 0 Å². The summed E-state index contributed by atoms with van der Waals surface area (Å²) in [7, 11) is 0. The molecule has 2 rings (SSSR count). The van der Waals surface area contributed by atoms with Crippen LogP contribution in [0.3, 0.4) is 0 Å². The molecule has 0 fully saturated rings. The summed E-state index contributed by atoms with van der Waals surface area (Å²) in [5.41, 5.74) is 0.331. The van der Waals surface area contributed by atoms with E-state index in [2.05, 4.69) is 5.32 Å². The van der Waals surface area contributed by atoms with Crippen LogP contribution in [-0.4, -0.2) is 25.1 Å². The van der Waals surface area contributed by atoms with Crippen molar-refractivity contribution >= 4 is 28.2 Å². The minimum absolute atomic E-state index is 0.256. The lowest BCUT2D eigenvalue weighted by Crippen LogP contribution is -2.21. The highest BCUT2D eigenvalue weighted by Crippen LogP contribution is 2.29. The van der Waals surface area contributed by atoms with Gasteiger partial charge >= 0.3 is 5.97 Å². The summed E-state index contributed by atoms with van der Waals surface area (Å²) in [6, 6.07) is 7.24. The van der Waals surface area contributed by atoms with E-state index in [0.29, 0.717) is 10.6 Å². The normalized spacial score (nSPS) is 10.3. The van der Waals surface area contributed by atoms with E-state index in [0.717, 1.165) is 11.3 Å². The van der Waals surface area contributed by atoms with Crippen molar-refractivity contribution in [1.82, 2.24) is 0 Å². The number of thiophene rings is 1. The number of carbonyl (C=O) groups excluding carboxylic acids is 2. The van der Waals surface area contributed by atoms with Crippen molar-refractivity contribution in [1.29, 1.82) is 0 Å². The SMILES string of the molecule is CCOC(=O)c1cc(CC)sc1NC(=O)COc1cccc(F)c1. The van der Waals surface area contributed by atoms with Crippen molar-refractivity contribution in [3.8, 4) is 5.75 Å². The molecule has 1 amide bonds. The van der Waals surface area contributed by atoms with Gasteiger partial charge in [-0.1, -0.05) is 13.0 Å². The second-order valence-corrected chi connectivity index (χ2v) is 5.96. The average molecular weight is 351 g/mol. The number of esters is 1. The Morgan fingerprint density at radius 2 is 2.04 bits per heavy atom. The number of benzene rings is 1. The molecule has 5 nitrogen and oxygen atoms in total. The predicted molar refractivity (Wildman–Crippen MR) is 90.2 cm³/mol. The summed E-state index contributed by atoms with van der Waals surface area (Å²) in [6.45, 7) is 3.65. The highest BCUT2D eigenvalue weighted by atomic mass is 32.1. The molecule has 128 valence electrons. The van der Waals surface area contributed by atoms with E-state index in [9.17, 15) is 14.0 Å². The minimum Gasteiger partial charge on any atom is -0.484 e. The van der Waals surface area contributed by atoms with Crippen LogP contribution in [0.25, 0.3) is 0 Å². The molecular weight excluding hydrogens is 333 g/mol. The third-order valence-electron chi connectivity index (χ3n) is 3.05. The molecule has 0 bridgehead atoms. The van der Waals surface area contributed by atoms with Crippen LogP contribution in [0.5, 0.6) is 5.75 Å². The first-order valence-corrected chi connectivity index (χ1v) is 8.33. The van der Waals surface area contributed by atoms with E-state index in [1.165, 1.54) is 29.5 Å². The van der Waals surface area contributed by atoms with Crippen molar-refractivity contribution in [2.24, 2.45) is 0 Å². The molecule has 1 N–H and O–H groups in total. The van der Waals surface area contributed by atoms with E-state index in [-0.39, 0.29) is 19.0 Å². The van der Waals surface area contributed by atoms with Crippen LogP contribution in [0.15, 0.2) is 30.3 Å². The second kappa shape index (κ2) is 8.44. The Hall–Kier alpha value is -2.41. The van der Waals surface area contributed by atoms with Crippen molar-refractivity contribution in [2.75, 3.05) is 18.5 Å². The van der Waals surface area contributed by atoms with E-state index < -0.39 is 17.7 Å². The monoisotopic (exact) mass is 351 g/mol. The first kappa shape index (κ1) is 17.9. The van der Waals surface area contributed by atoms with Gasteiger partial charge in [-0.05, 0) is 31.5 Å². The molecule has 0 spiro atoms. The van der Waals surface area contributed by atoms with Gasteiger partial charge in [0.25, 0.3) is 5.91 Å². The molecule has 0 aliphatic heterocycles. The Bertz CT molecular complexity index is 729. The molecule has 0 unspecified atom stereocenters. The first-order valence-electron chi connectivity index (χ1n) is 7.51. The molecule has 1 aromatic carbocycles. The largest absolute Gasteiger partial charge is 0.484 e. The van der Waals surface area contributed by atoms with Crippen LogP contribution < -0.4 is 10.1 Å². The van der Waals surface area contributed by atoms with Crippen molar-refractivity contribution in [2.45, 2.75) is 20.3 Å². The molecule has 1 aromatic heterocycles. The van der Waals surface area contributed by atoms with Gasteiger partial charge in [-0.3, -0.25) is 4.79 Å². The van der Waals surface area contributed by atoms with Crippen LogP contribution in [0.4, 0.5) is 9.39 Å². The van der Waals surface area contributed by atoms with Crippen LogP contribution >= 0.6 is 11.3 Å². The molecule has 0 aliphatic carbocycles. The summed E-state index contributed by atoms with van der Waals surface area (Å²) in [5.74, 6) is -1.09. The molecule has 0 saturated heterocycles. The van der Waals surface area contributed by atoms with Gasteiger partial charge in [0.15, 0.2) is 6.61 Å². The van der Waals surface area contributed by atoms with Crippen molar-refractivity contribution in [3.05, 3.63) is 46.6 Å². The van der Waals surface area contributed by atoms with Gasteiger partial charge < -0.3 is 14.8 Å². The van der Waals surface area contributed by atoms with E-state index in [4.69, 9.17) is 9.47 Å². The van der Waals surface area contributed by atoms with Gasteiger partial charge in [-0.25, -0.2) is 9.18 Å². The number of ether oxygens (including phenoxy) is 2. The van der Waals surface area contributed by atoms with E-state index in [1.54, 1.807) is 19.1 Å². The van der Waals surface area contributed by atoms with E-state index >= 15 is 0 Å². The number of hydrogen-bond donors (Lipinski definition) is 1. The van der Waals surface area contributed by atoms with Gasteiger partial charge in [0.2, 0.25) is 0 Å². The molecule has 0 saturated carbocycles. The molecule has 2 aromatic rings. The van der Waals surface area contributed by atoms with Gasteiger partial charge in [0.05, 0.1) is 12.2 Å². The second-order valence-electron chi connectivity index (χ2n) is 4.82.